The molecular weight excluding hydrogens is 310 g/mol. The van der Waals surface area contributed by atoms with Crippen molar-refractivity contribution in [2.45, 2.75) is 40.2 Å². The summed E-state index contributed by atoms with van der Waals surface area (Å²) in [5, 5.41) is 11.8. The molecule has 0 amide bonds. The molecule has 0 aliphatic carbocycles. The van der Waals surface area contributed by atoms with Crippen LogP contribution < -0.4 is 5.32 Å². The zero-order valence-electron chi connectivity index (χ0n) is 15.3. The first-order valence-electron chi connectivity index (χ1n) is 9.09. The summed E-state index contributed by atoms with van der Waals surface area (Å²) < 4.78 is 0. The summed E-state index contributed by atoms with van der Waals surface area (Å²) in [6.07, 6.45) is 4.17. The summed E-state index contributed by atoms with van der Waals surface area (Å²) in [5.74, 6) is 0.843. The Kier molecular flexibility index (Phi) is 5.66. The number of rotatable bonds is 8. The smallest absolute Gasteiger partial charge is 0.141 e. The average Bonchev–Trinajstić information content (AvgIpc) is 2.99. The van der Waals surface area contributed by atoms with Crippen LogP contribution in [0.3, 0.4) is 0 Å². The zero-order valence-corrected chi connectivity index (χ0v) is 15.3. The first kappa shape index (κ1) is 17.4. The van der Waals surface area contributed by atoms with Crippen molar-refractivity contribution in [3.8, 4) is 0 Å². The van der Waals surface area contributed by atoms with Crippen LogP contribution in [-0.4, -0.2) is 33.2 Å². The van der Waals surface area contributed by atoms with Crippen molar-refractivity contribution in [3.63, 3.8) is 0 Å². The Labute approximate surface area is 149 Å². The number of aromatic nitrogens is 3. The van der Waals surface area contributed by atoms with Crippen molar-refractivity contribution in [1.82, 2.24) is 20.1 Å². The fourth-order valence-corrected chi connectivity index (χ4v) is 3.20. The molecule has 0 bridgehead atoms. The van der Waals surface area contributed by atoms with E-state index in [0.29, 0.717) is 0 Å². The maximum atomic E-state index is 4.48. The van der Waals surface area contributed by atoms with Gasteiger partial charge in [0.1, 0.15) is 5.82 Å². The third-order valence-electron chi connectivity index (χ3n) is 4.35. The maximum absolute atomic E-state index is 4.48. The third-order valence-corrected chi connectivity index (χ3v) is 4.35. The van der Waals surface area contributed by atoms with Gasteiger partial charge in [0.15, 0.2) is 0 Å². The normalized spacial score (nSPS) is 11.4. The van der Waals surface area contributed by atoms with Gasteiger partial charge >= 0.3 is 0 Å². The molecular formula is C20H27N5. The van der Waals surface area contributed by atoms with Gasteiger partial charge in [-0.2, -0.15) is 5.10 Å². The van der Waals surface area contributed by atoms with E-state index in [4.69, 9.17) is 0 Å². The van der Waals surface area contributed by atoms with Crippen LogP contribution in [-0.2, 0) is 6.54 Å². The molecule has 3 rings (SSSR count). The molecule has 0 aliphatic heterocycles. The highest BCUT2D eigenvalue weighted by molar-refractivity contribution is 5.92. The van der Waals surface area contributed by atoms with Crippen molar-refractivity contribution < 1.29 is 0 Å². The summed E-state index contributed by atoms with van der Waals surface area (Å²) >= 11 is 0. The first-order chi connectivity index (χ1) is 12.2. The predicted octanol–water partition coefficient (Wildman–Crippen LogP) is 4.63. The number of H-pyrrole nitrogens is 1. The van der Waals surface area contributed by atoms with Gasteiger partial charge in [0, 0.05) is 24.1 Å². The predicted molar refractivity (Wildman–Crippen MR) is 104 cm³/mol. The molecule has 2 heterocycles. The van der Waals surface area contributed by atoms with Gasteiger partial charge in [0.25, 0.3) is 0 Å². The second-order valence-corrected chi connectivity index (χ2v) is 6.50. The molecule has 132 valence electrons. The number of hydrogen-bond donors (Lipinski definition) is 2. The van der Waals surface area contributed by atoms with Gasteiger partial charge < -0.3 is 5.32 Å². The quantitative estimate of drug-likeness (QED) is 0.629. The van der Waals surface area contributed by atoms with E-state index in [1.54, 1.807) is 6.20 Å². The first-order valence-corrected chi connectivity index (χ1v) is 9.09. The van der Waals surface area contributed by atoms with Gasteiger partial charge in [0.2, 0.25) is 0 Å². The number of hydrogen-bond acceptors (Lipinski definition) is 4. The molecule has 0 radical (unpaired) electrons. The lowest BCUT2D eigenvalue weighted by Crippen LogP contribution is -2.24. The van der Waals surface area contributed by atoms with Crippen LogP contribution >= 0.6 is 0 Å². The molecule has 1 aromatic carbocycles. The lowest BCUT2D eigenvalue weighted by Gasteiger charge is -2.21. The minimum atomic E-state index is 0.843. The topological polar surface area (TPSA) is 56.8 Å². The lowest BCUT2D eigenvalue weighted by molar-refractivity contribution is 0.266. The van der Waals surface area contributed by atoms with Gasteiger partial charge in [-0.15, -0.1) is 0 Å². The Balaban J connectivity index is 1.73. The molecule has 0 saturated carbocycles. The second kappa shape index (κ2) is 8.12. The van der Waals surface area contributed by atoms with Crippen molar-refractivity contribution in [1.29, 1.82) is 0 Å². The standard InChI is InChI=1S/C20H27N5/c1-4-12-25(13-5-2)14-16-6-8-17(9-7-16)22-20-19-15(3)23-24-18(19)10-11-21-20/h6-11H,4-5,12-14H2,1-3H3,(H,21,22)(H,23,24). The van der Waals surface area contributed by atoms with Crippen LogP contribution in [0, 0.1) is 6.92 Å². The molecule has 5 heteroatoms. The monoisotopic (exact) mass is 337 g/mol. The highest BCUT2D eigenvalue weighted by Crippen LogP contribution is 2.25. The van der Waals surface area contributed by atoms with E-state index < -0.39 is 0 Å². The fraction of sp³-hybridized carbons (Fsp3) is 0.400. The van der Waals surface area contributed by atoms with Gasteiger partial charge in [-0.05, 0) is 56.6 Å². The van der Waals surface area contributed by atoms with Crippen molar-refractivity contribution in [3.05, 3.63) is 47.8 Å². The maximum Gasteiger partial charge on any atom is 0.141 e. The van der Waals surface area contributed by atoms with Gasteiger partial charge in [-0.1, -0.05) is 26.0 Å². The number of nitrogens with zero attached hydrogens (tertiary/aromatic N) is 3. The van der Waals surface area contributed by atoms with Crippen molar-refractivity contribution in [2.24, 2.45) is 0 Å². The zero-order chi connectivity index (χ0) is 17.6. The third kappa shape index (κ3) is 4.17. The summed E-state index contributed by atoms with van der Waals surface area (Å²) in [5.41, 5.74) is 4.35. The number of nitrogens with one attached hydrogen (secondary N) is 2. The highest BCUT2D eigenvalue weighted by Gasteiger charge is 2.09. The Morgan fingerprint density at radius 3 is 2.44 bits per heavy atom. The molecule has 0 aliphatic rings. The van der Waals surface area contributed by atoms with Crippen LogP contribution in [0.5, 0.6) is 0 Å². The van der Waals surface area contributed by atoms with E-state index in [2.05, 4.69) is 63.5 Å². The summed E-state index contributed by atoms with van der Waals surface area (Å²) in [4.78, 5) is 6.99. The number of aromatic amines is 1. The minimum absolute atomic E-state index is 0.843. The molecule has 3 aromatic rings. The number of anilines is 2. The molecule has 25 heavy (non-hydrogen) atoms. The van der Waals surface area contributed by atoms with E-state index in [1.807, 2.05) is 13.0 Å². The van der Waals surface area contributed by atoms with E-state index in [1.165, 1.54) is 18.4 Å². The van der Waals surface area contributed by atoms with E-state index in [9.17, 15) is 0 Å². The second-order valence-electron chi connectivity index (χ2n) is 6.50. The van der Waals surface area contributed by atoms with Crippen LogP contribution in [0.15, 0.2) is 36.5 Å². The Bertz CT molecular complexity index is 801. The number of fused-ring (bicyclic) bond motifs is 1. The molecule has 0 fully saturated rings. The van der Waals surface area contributed by atoms with E-state index >= 15 is 0 Å². The molecule has 2 aromatic heterocycles. The van der Waals surface area contributed by atoms with Crippen LogP contribution in [0.1, 0.15) is 37.9 Å². The Morgan fingerprint density at radius 1 is 1.04 bits per heavy atom. The molecule has 0 spiro atoms. The molecule has 0 unspecified atom stereocenters. The summed E-state index contributed by atoms with van der Waals surface area (Å²) in [7, 11) is 0. The Morgan fingerprint density at radius 2 is 1.76 bits per heavy atom. The van der Waals surface area contributed by atoms with E-state index in [-0.39, 0.29) is 0 Å². The van der Waals surface area contributed by atoms with Gasteiger partial charge in [0.05, 0.1) is 10.9 Å². The van der Waals surface area contributed by atoms with Crippen molar-refractivity contribution >= 4 is 22.4 Å². The van der Waals surface area contributed by atoms with Gasteiger partial charge in [-0.3, -0.25) is 10.00 Å². The molecule has 2 N–H and O–H groups in total. The molecule has 5 nitrogen and oxygen atoms in total. The lowest BCUT2D eigenvalue weighted by atomic mass is 10.1. The largest absolute Gasteiger partial charge is 0.340 e. The van der Waals surface area contributed by atoms with Crippen LogP contribution in [0.4, 0.5) is 11.5 Å². The SMILES string of the molecule is CCCN(CCC)Cc1ccc(Nc2nccc3n[nH]c(C)c23)cc1. The minimum Gasteiger partial charge on any atom is -0.340 e. The summed E-state index contributed by atoms with van der Waals surface area (Å²) in [6, 6.07) is 10.6. The van der Waals surface area contributed by atoms with Gasteiger partial charge in [-0.25, -0.2) is 4.98 Å². The number of pyridine rings is 1. The van der Waals surface area contributed by atoms with E-state index in [0.717, 1.165) is 47.7 Å². The fourth-order valence-electron chi connectivity index (χ4n) is 3.20. The van der Waals surface area contributed by atoms with Crippen LogP contribution in [0.2, 0.25) is 0 Å². The average molecular weight is 337 g/mol. The number of benzene rings is 1. The Hall–Kier alpha value is -2.40. The number of aryl methyl sites for hydroxylation is 1. The molecule has 0 atom stereocenters. The summed E-state index contributed by atoms with van der Waals surface area (Å²) in [6.45, 7) is 9.80. The van der Waals surface area contributed by atoms with Crippen molar-refractivity contribution in [2.75, 3.05) is 18.4 Å². The highest BCUT2D eigenvalue weighted by atomic mass is 15.1. The molecule has 0 saturated heterocycles. The van der Waals surface area contributed by atoms with Crippen LogP contribution in [0.25, 0.3) is 10.9 Å².